The van der Waals surface area contributed by atoms with E-state index in [-0.39, 0.29) is 12.0 Å². The SMILES string of the molecule is CCc1cccc(C)c1NC(=S)N1CCc2cc(OC)c(OC)cc2[C@H]1COc1ccc(C(=O)OC)cc1. The van der Waals surface area contributed by atoms with Crippen LogP contribution in [-0.4, -0.2) is 50.5 Å². The normalized spacial score (nSPS) is 14.3. The molecule has 1 atom stereocenters. The number of rotatable bonds is 8. The molecule has 200 valence electrons. The Balaban J connectivity index is 1.65. The highest BCUT2D eigenvalue weighted by Crippen LogP contribution is 2.39. The molecule has 0 radical (unpaired) electrons. The lowest BCUT2D eigenvalue weighted by Crippen LogP contribution is -2.44. The molecule has 1 N–H and O–H groups in total. The highest BCUT2D eigenvalue weighted by molar-refractivity contribution is 7.80. The molecule has 1 heterocycles. The van der Waals surface area contributed by atoms with Crippen LogP contribution in [0.1, 0.15) is 45.6 Å². The van der Waals surface area contributed by atoms with Crippen molar-refractivity contribution in [1.82, 2.24) is 4.90 Å². The molecule has 0 bridgehead atoms. The molecule has 0 fully saturated rings. The van der Waals surface area contributed by atoms with Crippen LogP contribution in [0.5, 0.6) is 17.2 Å². The smallest absolute Gasteiger partial charge is 0.337 e. The fourth-order valence-electron chi connectivity index (χ4n) is 4.81. The molecule has 4 rings (SSSR count). The summed E-state index contributed by atoms with van der Waals surface area (Å²) < 4.78 is 22.2. The number of anilines is 1. The van der Waals surface area contributed by atoms with Gasteiger partial charge >= 0.3 is 5.97 Å². The summed E-state index contributed by atoms with van der Waals surface area (Å²) in [6.07, 6.45) is 1.71. The molecule has 8 heteroatoms. The molecule has 1 aliphatic rings. The summed E-state index contributed by atoms with van der Waals surface area (Å²) >= 11 is 5.98. The first-order chi connectivity index (χ1) is 18.4. The Labute approximate surface area is 229 Å². The predicted molar refractivity (Wildman–Crippen MR) is 153 cm³/mol. The summed E-state index contributed by atoms with van der Waals surface area (Å²) in [7, 11) is 4.64. The zero-order chi connectivity index (χ0) is 27.2. The van der Waals surface area contributed by atoms with Gasteiger partial charge in [0.2, 0.25) is 0 Å². The fourth-order valence-corrected chi connectivity index (χ4v) is 5.13. The maximum atomic E-state index is 11.8. The van der Waals surface area contributed by atoms with Gasteiger partial charge in [0.1, 0.15) is 12.4 Å². The Hall–Kier alpha value is -3.78. The number of para-hydroxylation sites is 1. The first kappa shape index (κ1) is 27.3. The molecular formula is C30H34N2O5S. The predicted octanol–water partition coefficient (Wildman–Crippen LogP) is 5.74. The van der Waals surface area contributed by atoms with Gasteiger partial charge in [0.15, 0.2) is 16.6 Å². The van der Waals surface area contributed by atoms with E-state index in [1.807, 2.05) is 12.1 Å². The van der Waals surface area contributed by atoms with E-state index in [0.29, 0.717) is 34.5 Å². The average Bonchev–Trinajstić information content (AvgIpc) is 2.95. The highest BCUT2D eigenvalue weighted by Gasteiger charge is 2.32. The van der Waals surface area contributed by atoms with Crippen molar-refractivity contribution in [3.8, 4) is 17.2 Å². The lowest BCUT2D eigenvalue weighted by molar-refractivity contribution is 0.0600. The van der Waals surface area contributed by atoms with Crippen LogP contribution in [0.2, 0.25) is 0 Å². The van der Waals surface area contributed by atoms with Crippen LogP contribution in [0.4, 0.5) is 5.69 Å². The van der Waals surface area contributed by atoms with E-state index in [0.717, 1.165) is 36.2 Å². The summed E-state index contributed by atoms with van der Waals surface area (Å²) in [5.41, 5.74) is 6.13. The van der Waals surface area contributed by atoms with E-state index in [4.69, 9.17) is 31.2 Å². The number of nitrogens with zero attached hydrogens (tertiary/aromatic N) is 1. The zero-order valence-electron chi connectivity index (χ0n) is 22.5. The molecule has 0 saturated heterocycles. The summed E-state index contributed by atoms with van der Waals surface area (Å²) in [6.45, 7) is 5.29. The third kappa shape index (κ3) is 5.70. The lowest BCUT2D eigenvalue weighted by Gasteiger charge is -2.39. The number of carbonyl (C=O) groups excluding carboxylic acids is 1. The molecule has 0 unspecified atom stereocenters. The van der Waals surface area contributed by atoms with Gasteiger partial charge < -0.3 is 29.2 Å². The largest absolute Gasteiger partial charge is 0.493 e. The maximum absolute atomic E-state index is 11.8. The van der Waals surface area contributed by atoms with Gasteiger partial charge in [-0.3, -0.25) is 0 Å². The monoisotopic (exact) mass is 534 g/mol. The summed E-state index contributed by atoms with van der Waals surface area (Å²) in [5, 5.41) is 4.17. The van der Waals surface area contributed by atoms with Crippen molar-refractivity contribution in [2.24, 2.45) is 0 Å². The third-order valence-corrected chi connectivity index (χ3v) is 7.26. The molecule has 3 aromatic carbocycles. The van der Waals surface area contributed by atoms with Gasteiger partial charge in [-0.1, -0.05) is 25.1 Å². The minimum atomic E-state index is -0.385. The topological polar surface area (TPSA) is 69.3 Å². The van der Waals surface area contributed by atoms with Gasteiger partial charge in [0, 0.05) is 12.2 Å². The van der Waals surface area contributed by atoms with Gasteiger partial charge in [0.25, 0.3) is 0 Å². The van der Waals surface area contributed by atoms with Crippen LogP contribution in [0, 0.1) is 6.92 Å². The van der Waals surface area contributed by atoms with Crippen molar-refractivity contribution in [1.29, 1.82) is 0 Å². The number of aryl methyl sites for hydroxylation is 2. The van der Waals surface area contributed by atoms with Crippen molar-refractivity contribution >= 4 is 29.0 Å². The minimum absolute atomic E-state index is 0.173. The molecule has 38 heavy (non-hydrogen) atoms. The highest BCUT2D eigenvalue weighted by atomic mass is 32.1. The first-order valence-corrected chi connectivity index (χ1v) is 13.0. The van der Waals surface area contributed by atoms with Gasteiger partial charge in [-0.05, 0) is 90.6 Å². The molecule has 0 aromatic heterocycles. The summed E-state index contributed by atoms with van der Waals surface area (Å²) in [4.78, 5) is 14.0. The van der Waals surface area contributed by atoms with Crippen molar-refractivity contribution < 1.29 is 23.7 Å². The van der Waals surface area contributed by atoms with Crippen LogP contribution in [0.15, 0.2) is 54.6 Å². The second-order valence-electron chi connectivity index (χ2n) is 9.08. The lowest BCUT2D eigenvalue weighted by atomic mass is 9.92. The van der Waals surface area contributed by atoms with E-state index in [2.05, 4.69) is 42.3 Å². The molecule has 0 spiro atoms. The molecule has 7 nitrogen and oxygen atoms in total. The number of carbonyl (C=O) groups is 1. The number of hydrogen-bond donors (Lipinski definition) is 1. The number of benzene rings is 3. The molecule has 3 aromatic rings. The first-order valence-electron chi connectivity index (χ1n) is 12.6. The van der Waals surface area contributed by atoms with Crippen molar-refractivity contribution in [2.45, 2.75) is 32.7 Å². The summed E-state index contributed by atoms with van der Waals surface area (Å²) in [5.74, 6) is 1.62. The Bertz CT molecular complexity index is 1310. The Kier molecular flexibility index (Phi) is 8.73. The van der Waals surface area contributed by atoms with E-state index in [9.17, 15) is 4.79 Å². The Morgan fingerprint density at radius 3 is 2.42 bits per heavy atom. The molecule has 0 aliphatic carbocycles. The number of ether oxygens (including phenoxy) is 4. The number of methoxy groups -OCH3 is 3. The van der Waals surface area contributed by atoms with Gasteiger partial charge in [-0.25, -0.2) is 4.79 Å². The van der Waals surface area contributed by atoms with E-state index in [1.165, 1.54) is 18.2 Å². The molecule has 0 saturated carbocycles. The van der Waals surface area contributed by atoms with Crippen LogP contribution < -0.4 is 19.5 Å². The van der Waals surface area contributed by atoms with Crippen molar-refractivity contribution in [2.75, 3.05) is 39.8 Å². The van der Waals surface area contributed by atoms with Crippen LogP contribution in [0.25, 0.3) is 0 Å². The second kappa shape index (κ2) is 12.2. The molecule has 1 aliphatic heterocycles. The standard InChI is InChI=1S/C30H34N2O5S/c1-6-20-9-7-8-19(2)28(20)31-30(38)32-15-14-22-16-26(34-3)27(35-4)17-24(22)25(32)18-37-23-12-10-21(11-13-23)29(33)36-5/h7-13,16-17,25H,6,14-15,18H2,1-5H3,(H,31,38)/t25-/m1/s1. The number of thiocarbonyl (C=S) groups is 1. The third-order valence-electron chi connectivity index (χ3n) is 6.92. The van der Waals surface area contributed by atoms with Crippen molar-refractivity contribution in [3.63, 3.8) is 0 Å². The van der Waals surface area contributed by atoms with Crippen LogP contribution >= 0.6 is 12.2 Å². The van der Waals surface area contributed by atoms with E-state index in [1.54, 1.807) is 38.5 Å². The number of hydrogen-bond acceptors (Lipinski definition) is 6. The zero-order valence-corrected chi connectivity index (χ0v) is 23.3. The van der Waals surface area contributed by atoms with E-state index < -0.39 is 0 Å². The van der Waals surface area contributed by atoms with Gasteiger partial charge in [-0.15, -0.1) is 0 Å². The summed E-state index contributed by atoms with van der Waals surface area (Å²) in [6, 6.07) is 17.1. The molecule has 0 amide bonds. The Morgan fingerprint density at radius 2 is 1.76 bits per heavy atom. The minimum Gasteiger partial charge on any atom is -0.493 e. The number of nitrogens with one attached hydrogen (secondary N) is 1. The maximum Gasteiger partial charge on any atom is 0.337 e. The van der Waals surface area contributed by atoms with Crippen molar-refractivity contribution in [3.05, 3.63) is 82.4 Å². The second-order valence-corrected chi connectivity index (χ2v) is 9.47. The quantitative estimate of drug-likeness (QED) is 0.290. The number of esters is 1. The van der Waals surface area contributed by atoms with E-state index >= 15 is 0 Å². The fraction of sp³-hybridized carbons (Fsp3) is 0.333. The van der Waals surface area contributed by atoms with Crippen LogP contribution in [-0.2, 0) is 17.6 Å². The molecular weight excluding hydrogens is 500 g/mol. The Morgan fingerprint density at radius 1 is 1.05 bits per heavy atom. The number of fused-ring (bicyclic) bond motifs is 1. The average molecular weight is 535 g/mol. The van der Waals surface area contributed by atoms with Gasteiger partial charge in [0.05, 0.1) is 32.9 Å². The van der Waals surface area contributed by atoms with Gasteiger partial charge in [-0.2, -0.15) is 0 Å². The van der Waals surface area contributed by atoms with Crippen LogP contribution in [0.3, 0.4) is 0 Å².